The van der Waals surface area contributed by atoms with Gasteiger partial charge in [-0.05, 0) is 70.4 Å². The molecule has 0 aliphatic carbocycles. The van der Waals surface area contributed by atoms with Crippen molar-refractivity contribution in [1.82, 2.24) is 25.3 Å². The molecule has 39 heavy (non-hydrogen) atoms. The Morgan fingerprint density at radius 3 is 2.49 bits per heavy atom. The fraction of sp³-hybridized carbons (Fsp3) is 0.556. The number of piperidine rings is 1. The highest BCUT2D eigenvalue weighted by atomic mass is 19.1. The van der Waals surface area contributed by atoms with Crippen LogP contribution in [0.2, 0.25) is 0 Å². The minimum Gasteiger partial charge on any atom is -0.338 e. The van der Waals surface area contributed by atoms with Crippen LogP contribution in [0.15, 0.2) is 35.5 Å². The van der Waals surface area contributed by atoms with Gasteiger partial charge in [0, 0.05) is 51.0 Å². The number of carbonyl (C=O) groups excluding carboxylic acids is 3. The molecule has 1 atom stereocenters. The number of nitrogens with one attached hydrogen (secondary N) is 2. The average Bonchev–Trinajstić information content (AvgIpc) is 2.87. The van der Waals surface area contributed by atoms with Gasteiger partial charge in [-0.15, -0.1) is 0 Å². The Kier molecular flexibility index (Phi) is 10.2. The van der Waals surface area contributed by atoms with Gasteiger partial charge < -0.3 is 31.5 Å². The number of hydrogen-bond donors (Lipinski definition) is 4. The van der Waals surface area contributed by atoms with Crippen molar-refractivity contribution in [1.29, 1.82) is 0 Å². The molecule has 3 rings (SSSR count). The fourth-order valence-corrected chi connectivity index (χ4v) is 4.77. The zero-order chi connectivity index (χ0) is 28.6. The smallest absolute Gasteiger partial charge is 0.323 e. The van der Waals surface area contributed by atoms with E-state index in [-0.39, 0.29) is 23.1 Å². The number of nitrogens with two attached hydrogens (primary N) is 2. The SMILES string of the molecule is CC1(N)CCCN(CCc2ccc(N=C(/C=C\NC=O)NC(=O)N3CCN(C(=O)C(C)(C)N)CC3)cc2F)C1. The second-order valence-electron chi connectivity index (χ2n) is 11.1. The highest BCUT2D eigenvalue weighted by Crippen LogP contribution is 2.21. The summed E-state index contributed by atoms with van der Waals surface area (Å²) in [5, 5.41) is 5.08. The summed E-state index contributed by atoms with van der Waals surface area (Å²) in [4.78, 5) is 45.8. The van der Waals surface area contributed by atoms with Gasteiger partial charge in [0.15, 0.2) is 0 Å². The monoisotopic (exact) mass is 544 g/mol. The topological polar surface area (TPSA) is 149 Å². The van der Waals surface area contributed by atoms with Gasteiger partial charge in [-0.1, -0.05) is 6.07 Å². The zero-order valence-corrected chi connectivity index (χ0v) is 23.1. The Hall–Kier alpha value is -3.35. The Morgan fingerprint density at radius 2 is 1.87 bits per heavy atom. The van der Waals surface area contributed by atoms with E-state index in [2.05, 4.69) is 20.5 Å². The number of carbonyl (C=O) groups is 3. The van der Waals surface area contributed by atoms with Gasteiger partial charge in [0.05, 0.1) is 11.2 Å². The molecule has 4 amide bonds. The number of amidine groups is 1. The zero-order valence-electron chi connectivity index (χ0n) is 23.1. The standard InChI is InChI=1S/C27H41FN8O3/c1-26(2,29)24(38)35-13-15-36(16-14-35)25(39)33-23(7-10-31-19-37)32-21-6-5-20(22(28)17-21)8-12-34-11-4-9-27(3,30)18-34/h5-7,10,17,19H,4,8-9,11-16,18,29-30H2,1-3H3,(H,31,37)(H,32,33,39)/b10-7-. The maximum absolute atomic E-state index is 14.9. The van der Waals surface area contributed by atoms with Crippen molar-refractivity contribution in [2.45, 2.75) is 51.1 Å². The molecule has 214 valence electrons. The minimum absolute atomic E-state index is 0.124. The van der Waals surface area contributed by atoms with E-state index in [1.807, 2.05) is 6.92 Å². The number of amides is 4. The van der Waals surface area contributed by atoms with Gasteiger partial charge in [0.1, 0.15) is 11.7 Å². The van der Waals surface area contributed by atoms with E-state index in [0.29, 0.717) is 50.3 Å². The lowest BCUT2D eigenvalue weighted by atomic mass is 9.92. The Labute approximate surface area is 229 Å². The van der Waals surface area contributed by atoms with Gasteiger partial charge in [-0.2, -0.15) is 0 Å². The summed E-state index contributed by atoms with van der Waals surface area (Å²) in [7, 11) is 0. The van der Waals surface area contributed by atoms with Crippen molar-refractivity contribution in [2.75, 3.05) is 45.8 Å². The van der Waals surface area contributed by atoms with Crippen molar-refractivity contribution in [3.63, 3.8) is 0 Å². The molecular formula is C27H41FN8O3. The number of rotatable bonds is 8. The predicted molar refractivity (Wildman–Crippen MR) is 149 cm³/mol. The molecule has 2 fully saturated rings. The van der Waals surface area contributed by atoms with Crippen LogP contribution in [0.25, 0.3) is 0 Å². The minimum atomic E-state index is -0.981. The number of piperazine rings is 1. The molecule has 1 unspecified atom stereocenters. The van der Waals surface area contributed by atoms with Gasteiger partial charge in [0.25, 0.3) is 0 Å². The molecule has 12 heteroatoms. The summed E-state index contributed by atoms with van der Waals surface area (Å²) < 4.78 is 14.9. The molecule has 1 aromatic rings. The van der Waals surface area contributed by atoms with Gasteiger partial charge >= 0.3 is 6.03 Å². The molecule has 2 heterocycles. The summed E-state index contributed by atoms with van der Waals surface area (Å²) in [6, 6.07) is 4.29. The number of nitrogens with zero attached hydrogens (tertiary/aromatic N) is 4. The average molecular weight is 545 g/mol. The molecular weight excluding hydrogens is 503 g/mol. The fourth-order valence-electron chi connectivity index (χ4n) is 4.77. The van der Waals surface area contributed by atoms with E-state index < -0.39 is 11.6 Å². The van der Waals surface area contributed by atoms with Crippen LogP contribution >= 0.6 is 0 Å². The van der Waals surface area contributed by atoms with Crippen molar-refractivity contribution in [3.05, 3.63) is 41.9 Å². The molecule has 0 spiro atoms. The second kappa shape index (κ2) is 13.1. The number of aliphatic imine (C=N–C) groups is 1. The second-order valence-corrected chi connectivity index (χ2v) is 11.1. The van der Waals surface area contributed by atoms with Crippen LogP contribution < -0.4 is 22.1 Å². The lowest BCUT2D eigenvalue weighted by Gasteiger charge is -2.37. The summed E-state index contributed by atoms with van der Waals surface area (Å²) >= 11 is 0. The van der Waals surface area contributed by atoms with Crippen LogP contribution in [0.4, 0.5) is 14.9 Å². The van der Waals surface area contributed by atoms with Crippen molar-refractivity contribution in [3.8, 4) is 0 Å². The number of urea groups is 1. The van der Waals surface area contributed by atoms with E-state index in [1.165, 1.54) is 18.3 Å². The summed E-state index contributed by atoms with van der Waals surface area (Å²) in [5.41, 5.74) is 11.9. The molecule has 6 N–H and O–H groups in total. The van der Waals surface area contributed by atoms with E-state index in [4.69, 9.17) is 11.5 Å². The van der Waals surface area contributed by atoms with Crippen LogP contribution in [-0.4, -0.2) is 95.8 Å². The van der Waals surface area contributed by atoms with E-state index >= 15 is 0 Å². The van der Waals surface area contributed by atoms with Crippen LogP contribution in [0, 0.1) is 5.82 Å². The molecule has 0 radical (unpaired) electrons. The number of likely N-dealkylation sites (tertiary alicyclic amines) is 1. The first kappa shape index (κ1) is 30.2. The molecule has 0 aromatic heterocycles. The predicted octanol–water partition coefficient (Wildman–Crippen LogP) is 1.06. The maximum atomic E-state index is 14.9. The number of benzene rings is 1. The molecule has 11 nitrogen and oxygen atoms in total. The highest BCUT2D eigenvalue weighted by Gasteiger charge is 2.31. The lowest BCUT2D eigenvalue weighted by Crippen LogP contribution is -2.59. The third kappa shape index (κ3) is 9.12. The largest absolute Gasteiger partial charge is 0.338 e. The maximum Gasteiger partial charge on any atom is 0.323 e. The molecule has 0 bridgehead atoms. The van der Waals surface area contributed by atoms with Gasteiger partial charge in [-0.3, -0.25) is 14.9 Å². The first-order valence-corrected chi connectivity index (χ1v) is 13.3. The van der Waals surface area contributed by atoms with Gasteiger partial charge in [0.2, 0.25) is 12.3 Å². The third-order valence-corrected chi connectivity index (χ3v) is 6.84. The first-order chi connectivity index (χ1) is 18.4. The normalized spacial score (nSPS) is 21.2. The van der Waals surface area contributed by atoms with Crippen molar-refractivity contribution < 1.29 is 18.8 Å². The number of halogens is 1. The van der Waals surface area contributed by atoms with E-state index in [9.17, 15) is 18.8 Å². The molecule has 1 aromatic carbocycles. The van der Waals surface area contributed by atoms with Crippen LogP contribution in [0.5, 0.6) is 0 Å². The van der Waals surface area contributed by atoms with E-state index in [0.717, 1.165) is 32.5 Å². The summed E-state index contributed by atoms with van der Waals surface area (Å²) in [5.74, 6) is -0.432. The Bertz CT molecular complexity index is 1090. The quantitative estimate of drug-likeness (QED) is 0.218. The van der Waals surface area contributed by atoms with E-state index in [1.54, 1.807) is 35.8 Å². The summed E-state index contributed by atoms with van der Waals surface area (Å²) in [6.07, 6.45) is 5.78. The van der Waals surface area contributed by atoms with Crippen molar-refractivity contribution >= 4 is 29.9 Å². The van der Waals surface area contributed by atoms with Crippen LogP contribution in [-0.2, 0) is 16.0 Å². The molecule has 0 saturated carbocycles. The first-order valence-electron chi connectivity index (χ1n) is 13.3. The van der Waals surface area contributed by atoms with Crippen molar-refractivity contribution in [2.24, 2.45) is 16.5 Å². The van der Waals surface area contributed by atoms with Crippen LogP contribution in [0.1, 0.15) is 39.2 Å². The number of hydrogen-bond acceptors (Lipinski definition) is 7. The third-order valence-electron chi connectivity index (χ3n) is 6.84. The Morgan fingerprint density at radius 1 is 1.18 bits per heavy atom. The molecule has 2 saturated heterocycles. The van der Waals surface area contributed by atoms with Gasteiger partial charge in [-0.25, -0.2) is 14.2 Å². The Balaban J connectivity index is 1.64. The lowest BCUT2D eigenvalue weighted by molar-refractivity contribution is -0.137. The van der Waals surface area contributed by atoms with Crippen LogP contribution in [0.3, 0.4) is 0 Å². The highest BCUT2D eigenvalue weighted by molar-refractivity contribution is 6.05. The summed E-state index contributed by atoms with van der Waals surface area (Å²) in [6.45, 7) is 9.17. The molecule has 2 aliphatic heterocycles. The molecule has 2 aliphatic rings.